The third-order valence-electron chi connectivity index (χ3n) is 3.75. The van der Waals surface area contributed by atoms with E-state index >= 15 is 0 Å². The first kappa shape index (κ1) is 15.4. The van der Waals surface area contributed by atoms with Crippen LogP contribution >= 0.6 is 11.3 Å². The predicted octanol–water partition coefficient (Wildman–Crippen LogP) is 4.02. The van der Waals surface area contributed by atoms with Crippen molar-refractivity contribution in [1.82, 2.24) is 5.48 Å². The molecule has 0 spiro atoms. The molecule has 0 aliphatic carbocycles. The number of thiophene rings is 1. The van der Waals surface area contributed by atoms with E-state index in [0.29, 0.717) is 16.1 Å². The molecule has 2 heterocycles. The number of nitrogens with one attached hydrogen (secondary N) is 2. The van der Waals surface area contributed by atoms with Gasteiger partial charge in [0.05, 0.1) is 4.88 Å². The Kier molecular flexibility index (Phi) is 3.72. The van der Waals surface area contributed by atoms with Crippen LogP contribution in [0.3, 0.4) is 0 Å². The molecule has 2 amide bonds. The minimum atomic E-state index is -0.561. The Morgan fingerprint density at radius 3 is 2.60 bits per heavy atom. The van der Waals surface area contributed by atoms with Crippen molar-refractivity contribution in [2.45, 2.75) is 0 Å². The molecule has 25 heavy (non-hydrogen) atoms. The van der Waals surface area contributed by atoms with Crippen LogP contribution in [0.2, 0.25) is 0 Å². The van der Waals surface area contributed by atoms with Crippen molar-refractivity contribution < 1.29 is 19.2 Å². The lowest BCUT2D eigenvalue weighted by Crippen LogP contribution is -2.16. The first-order valence-corrected chi connectivity index (χ1v) is 8.23. The average molecular weight is 352 g/mol. The molecular weight excluding hydrogens is 340 g/mol. The maximum absolute atomic E-state index is 12.4. The van der Waals surface area contributed by atoms with Crippen LogP contribution in [0.4, 0.5) is 5.69 Å². The Morgan fingerprint density at radius 2 is 1.80 bits per heavy atom. The van der Waals surface area contributed by atoms with Gasteiger partial charge < -0.3 is 9.73 Å². The van der Waals surface area contributed by atoms with Gasteiger partial charge in [0, 0.05) is 15.8 Å². The SMILES string of the molecule is O=C(Nc1ccc2sc(C(=O)NO)cc2c1)c1cc2ccccc2o1. The summed E-state index contributed by atoms with van der Waals surface area (Å²) in [5.74, 6) is -0.680. The van der Waals surface area contributed by atoms with Gasteiger partial charge in [0.15, 0.2) is 5.76 Å². The van der Waals surface area contributed by atoms with E-state index in [2.05, 4.69) is 5.32 Å². The summed E-state index contributed by atoms with van der Waals surface area (Å²) in [5, 5.41) is 13.2. The molecular formula is C18H12N2O4S. The summed E-state index contributed by atoms with van der Waals surface area (Å²) < 4.78 is 6.42. The van der Waals surface area contributed by atoms with Crippen LogP contribution < -0.4 is 10.8 Å². The Balaban J connectivity index is 1.61. The van der Waals surface area contributed by atoms with E-state index < -0.39 is 5.91 Å². The number of anilines is 1. The zero-order valence-electron chi connectivity index (χ0n) is 12.8. The molecule has 0 bridgehead atoms. The van der Waals surface area contributed by atoms with E-state index in [1.165, 1.54) is 11.3 Å². The standard InChI is InChI=1S/C18H12N2O4S/c21-17(14-8-10-3-1-2-4-13(10)24-14)19-12-5-6-15-11(7-12)9-16(25-15)18(22)20-23/h1-9,23H,(H,19,21)(H,20,22). The van der Waals surface area contributed by atoms with Gasteiger partial charge in [0.2, 0.25) is 0 Å². The van der Waals surface area contributed by atoms with E-state index in [-0.39, 0.29) is 11.7 Å². The van der Waals surface area contributed by atoms with Crippen molar-refractivity contribution in [3.05, 3.63) is 65.2 Å². The van der Waals surface area contributed by atoms with Crippen LogP contribution in [-0.4, -0.2) is 17.0 Å². The first-order chi connectivity index (χ1) is 12.1. The lowest BCUT2D eigenvalue weighted by Gasteiger charge is -2.02. The first-order valence-electron chi connectivity index (χ1n) is 7.42. The molecule has 0 aliphatic heterocycles. The number of hydroxylamine groups is 1. The highest BCUT2D eigenvalue weighted by Crippen LogP contribution is 2.28. The number of para-hydroxylation sites is 1. The number of fused-ring (bicyclic) bond motifs is 2. The molecule has 2 aromatic heterocycles. The zero-order chi connectivity index (χ0) is 17.4. The van der Waals surface area contributed by atoms with E-state index in [1.807, 2.05) is 24.3 Å². The fraction of sp³-hybridized carbons (Fsp3) is 0. The van der Waals surface area contributed by atoms with E-state index in [9.17, 15) is 9.59 Å². The van der Waals surface area contributed by atoms with Crippen LogP contribution in [0.1, 0.15) is 20.2 Å². The lowest BCUT2D eigenvalue weighted by atomic mass is 10.2. The van der Waals surface area contributed by atoms with Gasteiger partial charge in [-0.15, -0.1) is 11.3 Å². The maximum atomic E-state index is 12.4. The monoisotopic (exact) mass is 352 g/mol. The third kappa shape index (κ3) is 2.86. The molecule has 2 aromatic carbocycles. The zero-order valence-corrected chi connectivity index (χ0v) is 13.6. The van der Waals surface area contributed by atoms with Crippen molar-refractivity contribution in [2.75, 3.05) is 5.32 Å². The topological polar surface area (TPSA) is 91.6 Å². The molecule has 0 saturated heterocycles. The predicted molar refractivity (Wildman–Crippen MR) is 95.2 cm³/mol. The third-order valence-corrected chi connectivity index (χ3v) is 4.86. The molecule has 4 aromatic rings. The molecule has 0 aliphatic rings. The second kappa shape index (κ2) is 6.04. The maximum Gasteiger partial charge on any atom is 0.291 e. The van der Waals surface area contributed by atoms with E-state index in [4.69, 9.17) is 9.62 Å². The lowest BCUT2D eigenvalue weighted by molar-refractivity contribution is 0.0711. The Hall–Kier alpha value is -3.16. The minimum absolute atomic E-state index is 0.229. The summed E-state index contributed by atoms with van der Waals surface area (Å²) in [7, 11) is 0. The number of carbonyl (C=O) groups is 2. The second-order valence-electron chi connectivity index (χ2n) is 5.41. The van der Waals surface area contributed by atoms with Crippen molar-refractivity contribution in [3.63, 3.8) is 0 Å². The van der Waals surface area contributed by atoms with Crippen LogP contribution in [0.25, 0.3) is 21.1 Å². The second-order valence-corrected chi connectivity index (χ2v) is 6.49. The number of carbonyl (C=O) groups excluding carboxylic acids is 2. The van der Waals surface area contributed by atoms with E-state index in [0.717, 1.165) is 15.5 Å². The van der Waals surface area contributed by atoms with Gasteiger partial charge in [0.25, 0.3) is 11.8 Å². The van der Waals surface area contributed by atoms with Gasteiger partial charge in [-0.2, -0.15) is 0 Å². The molecule has 3 N–H and O–H groups in total. The highest BCUT2D eigenvalue weighted by molar-refractivity contribution is 7.20. The van der Waals surface area contributed by atoms with Crippen LogP contribution in [0, 0.1) is 0 Å². The molecule has 0 fully saturated rings. The summed E-state index contributed by atoms with van der Waals surface area (Å²) in [6.07, 6.45) is 0. The Labute approximate surface area is 145 Å². The van der Waals surface area contributed by atoms with Gasteiger partial charge in [-0.1, -0.05) is 18.2 Å². The summed E-state index contributed by atoms with van der Waals surface area (Å²) in [6.45, 7) is 0. The van der Waals surface area contributed by atoms with Crippen molar-refractivity contribution in [2.24, 2.45) is 0 Å². The molecule has 0 atom stereocenters. The molecule has 0 radical (unpaired) electrons. The smallest absolute Gasteiger partial charge is 0.291 e. The normalized spacial score (nSPS) is 10.9. The molecule has 7 heteroatoms. The van der Waals surface area contributed by atoms with Gasteiger partial charge in [-0.05, 0) is 41.8 Å². The number of amides is 2. The van der Waals surface area contributed by atoms with Crippen LogP contribution in [-0.2, 0) is 0 Å². The highest BCUT2D eigenvalue weighted by Gasteiger charge is 2.14. The number of rotatable bonds is 3. The summed E-state index contributed by atoms with van der Waals surface area (Å²) in [6, 6.07) is 16.1. The Morgan fingerprint density at radius 1 is 0.960 bits per heavy atom. The number of furan rings is 1. The summed E-state index contributed by atoms with van der Waals surface area (Å²) in [4.78, 5) is 24.3. The number of benzene rings is 2. The van der Waals surface area contributed by atoms with Crippen LogP contribution in [0.5, 0.6) is 0 Å². The van der Waals surface area contributed by atoms with Crippen molar-refractivity contribution in [3.8, 4) is 0 Å². The molecule has 4 rings (SSSR count). The van der Waals surface area contributed by atoms with Gasteiger partial charge >= 0.3 is 0 Å². The van der Waals surface area contributed by atoms with Crippen molar-refractivity contribution >= 4 is 49.9 Å². The molecule has 124 valence electrons. The fourth-order valence-corrected chi connectivity index (χ4v) is 3.51. The van der Waals surface area contributed by atoms with E-state index in [1.54, 1.807) is 35.8 Å². The van der Waals surface area contributed by atoms with Crippen molar-refractivity contribution in [1.29, 1.82) is 0 Å². The number of hydrogen-bond acceptors (Lipinski definition) is 5. The van der Waals surface area contributed by atoms with Gasteiger partial charge in [-0.25, -0.2) is 5.48 Å². The molecule has 0 saturated carbocycles. The van der Waals surface area contributed by atoms with Crippen LogP contribution in [0.15, 0.2) is 59.0 Å². The Bertz CT molecular complexity index is 1080. The summed E-state index contributed by atoms with van der Waals surface area (Å²) >= 11 is 1.25. The van der Waals surface area contributed by atoms with Gasteiger partial charge in [-0.3, -0.25) is 14.8 Å². The summed E-state index contributed by atoms with van der Waals surface area (Å²) in [5.41, 5.74) is 2.86. The fourth-order valence-electron chi connectivity index (χ4n) is 2.57. The average Bonchev–Trinajstić information content (AvgIpc) is 3.24. The largest absolute Gasteiger partial charge is 0.451 e. The molecule has 6 nitrogen and oxygen atoms in total. The quantitative estimate of drug-likeness (QED) is 0.384. The highest BCUT2D eigenvalue weighted by atomic mass is 32.1. The molecule has 0 unspecified atom stereocenters. The van der Waals surface area contributed by atoms with Gasteiger partial charge in [0.1, 0.15) is 5.58 Å². The minimum Gasteiger partial charge on any atom is -0.451 e. The number of hydrogen-bond donors (Lipinski definition) is 3.